The zero-order valence-corrected chi connectivity index (χ0v) is 22.9. The number of pyridine rings is 2. The molecule has 6 aromatic rings. The third-order valence-corrected chi connectivity index (χ3v) is 6.41. The smallest absolute Gasteiger partial charge is 0.122 e. The number of ether oxygens (including phenoxy) is 3. The van der Waals surface area contributed by atoms with Gasteiger partial charge in [0.2, 0.25) is 0 Å². The molecule has 6 rings (SSSR count). The Morgan fingerprint density at radius 1 is 0.511 bits per heavy atom. The van der Waals surface area contributed by atoms with Crippen LogP contribution in [0.2, 0.25) is 0 Å². The fraction of sp³-hybridized carbons (Fsp3) is 0.231. The van der Waals surface area contributed by atoms with E-state index in [0.29, 0.717) is 19.8 Å². The van der Waals surface area contributed by atoms with E-state index in [1.807, 2.05) is 97.2 Å². The molecule has 6 nitrogen and oxygen atoms in total. The Kier molecular flexibility index (Phi) is 16.6. The molecule has 0 spiro atoms. The Hall–Kier alpha value is -4.78. The van der Waals surface area contributed by atoms with Gasteiger partial charge in [0.05, 0.1) is 24.2 Å². The van der Waals surface area contributed by atoms with Gasteiger partial charge in [-0.1, -0.05) is 90.4 Å². The Balaban J connectivity index is 0.000000414. The van der Waals surface area contributed by atoms with Crippen molar-refractivity contribution in [3.63, 3.8) is 0 Å². The first-order valence-corrected chi connectivity index (χ1v) is 13.4. The summed E-state index contributed by atoms with van der Waals surface area (Å²) in [5, 5.41) is 11.2. The molecule has 238 valence electrons. The van der Waals surface area contributed by atoms with Crippen LogP contribution in [0, 0.1) is 0 Å². The number of methoxy groups -OCH3 is 1. The minimum absolute atomic E-state index is 0. The van der Waals surface area contributed by atoms with Gasteiger partial charge in [-0.05, 0) is 58.7 Å². The number of rotatable bonds is 9. The maximum Gasteiger partial charge on any atom is 0.122 e. The van der Waals surface area contributed by atoms with Gasteiger partial charge in [0.15, 0.2) is 0 Å². The normalized spacial score (nSPS) is 9.73. The van der Waals surface area contributed by atoms with Crippen molar-refractivity contribution in [2.45, 2.75) is 56.1 Å². The summed E-state index contributed by atoms with van der Waals surface area (Å²) in [7, 11) is 1.69. The summed E-state index contributed by atoms with van der Waals surface area (Å²) in [6.07, 6.45) is 3.52. The Labute approximate surface area is 269 Å². The van der Waals surface area contributed by atoms with Gasteiger partial charge in [0, 0.05) is 42.4 Å². The second-order valence-corrected chi connectivity index (χ2v) is 9.54. The lowest BCUT2D eigenvalue weighted by Gasteiger charge is -2.08. The predicted molar refractivity (Wildman–Crippen MR) is 189 cm³/mol. The summed E-state index contributed by atoms with van der Waals surface area (Å²) in [4.78, 5) is 8.78. The van der Waals surface area contributed by atoms with Crippen molar-refractivity contribution in [1.29, 1.82) is 0 Å². The Bertz CT molecular complexity index is 1690. The minimum atomic E-state index is 0. The number of fused-ring (bicyclic) bond motifs is 2. The summed E-state index contributed by atoms with van der Waals surface area (Å²) in [5.74, 6) is 1.63. The van der Waals surface area contributed by atoms with Crippen LogP contribution in [0.4, 0.5) is 0 Å². The summed E-state index contributed by atoms with van der Waals surface area (Å²) in [5.41, 5.74) is 5.98. The maximum absolute atomic E-state index is 9.10. The van der Waals surface area contributed by atoms with Crippen LogP contribution >= 0.6 is 0 Å². The third-order valence-electron chi connectivity index (χ3n) is 6.41. The Morgan fingerprint density at radius 2 is 0.956 bits per heavy atom. The number of hydrogen-bond acceptors (Lipinski definition) is 6. The number of hydrogen-bond donors (Lipinski definition) is 1. The Morgan fingerprint density at radius 3 is 1.40 bits per heavy atom. The average molecular weight is 609 g/mol. The standard InChI is InChI=1S/C18H17NO2.C17H15NO2.4CH4/c1-20-12-15-9-16-7-8-17(10-18(16)19-11-15)21-13-14-5-3-2-4-6-14;19-11-14-8-15-6-7-16(9-17(15)18-10-14)20-12-13-4-2-1-3-5-13;;;;/h2-11H,12-13H2,1H3;1-10,19H,11-12H2;4*1H4. The minimum Gasteiger partial charge on any atom is -0.489 e. The first kappa shape index (κ1) is 38.2. The van der Waals surface area contributed by atoms with Crippen molar-refractivity contribution in [1.82, 2.24) is 9.97 Å². The molecule has 0 amide bonds. The molecule has 6 heteroatoms. The molecule has 0 radical (unpaired) electrons. The highest BCUT2D eigenvalue weighted by Crippen LogP contribution is 2.22. The second kappa shape index (κ2) is 19.5. The van der Waals surface area contributed by atoms with E-state index in [1.165, 1.54) is 0 Å². The van der Waals surface area contributed by atoms with Crippen LogP contribution in [-0.4, -0.2) is 22.2 Å². The van der Waals surface area contributed by atoms with Crippen molar-refractivity contribution in [3.05, 3.63) is 144 Å². The highest BCUT2D eigenvalue weighted by Gasteiger charge is 2.03. The zero-order chi connectivity index (χ0) is 28.3. The van der Waals surface area contributed by atoms with Crippen molar-refractivity contribution >= 4 is 21.8 Å². The number of nitrogens with zero attached hydrogens (tertiary/aromatic N) is 2. The van der Waals surface area contributed by atoms with Crippen LogP contribution in [0.1, 0.15) is 52.0 Å². The maximum atomic E-state index is 9.10. The molecule has 2 aromatic heterocycles. The van der Waals surface area contributed by atoms with E-state index in [2.05, 4.69) is 28.2 Å². The van der Waals surface area contributed by atoms with Gasteiger partial charge >= 0.3 is 0 Å². The number of aromatic nitrogens is 2. The molecule has 0 unspecified atom stereocenters. The highest BCUT2D eigenvalue weighted by molar-refractivity contribution is 5.81. The van der Waals surface area contributed by atoms with Crippen LogP contribution in [0.5, 0.6) is 11.5 Å². The van der Waals surface area contributed by atoms with Crippen LogP contribution in [-0.2, 0) is 31.2 Å². The lowest BCUT2D eigenvalue weighted by Crippen LogP contribution is -1.95. The number of benzene rings is 4. The van der Waals surface area contributed by atoms with Gasteiger partial charge in [0.25, 0.3) is 0 Å². The monoisotopic (exact) mass is 608 g/mol. The van der Waals surface area contributed by atoms with E-state index in [0.717, 1.165) is 55.6 Å². The first-order valence-electron chi connectivity index (χ1n) is 13.4. The molecular formula is C39H48N2O4. The third kappa shape index (κ3) is 11.0. The van der Waals surface area contributed by atoms with Gasteiger partial charge in [0.1, 0.15) is 24.7 Å². The number of aliphatic hydroxyl groups excluding tert-OH is 1. The van der Waals surface area contributed by atoms with E-state index >= 15 is 0 Å². The first-order chi connectivity index (χ1) is 20.2. The van der Waals surface area contributed by atoms with Crippen LogP contribution in [0.15, 0.2) is 122 Å². The molecule has 0 fully saturated rings. The lowest BCUT2D eigenvalue weighted by molar-refractivity contribution is 0.185. The van der Waals surface area contributed by atoms with E-state index < -0.39 is 0 Å². The van der Waals surface area contributed by atoms with Crippen molar-refractivity contribution in [2.24, 2.45) is 0 Å². The molecular weight excluding hydrogens is 560 g/mol. The van der Waals surface area contributed by atoms with E-state index in [-0.39, 0.29) is 36.3 Å². The fourth-order valence-electron chi connectivity index (χ4n) is 4.29. The van der Waals surface area contributed by atoms with E-state index in [9.17, 15) is 0 Å². The summed E-state index contributed by atoms with van der Waals surface area (Å²) < 4.78 is 16.7. The topological polar surface area (TPSA) is 73.7 Å². The molecule has 0 aliphatic rings. The average Bonchev–Trinajstić information content (AvgIpc) is 3.04. The van der Waals surface area contributed by atoms with Crippen LogP contribution in [0.3, 0.4) is 0 Å². The van der Waals surface area contributed by atoms with E-state index in [1.54, 1.807) is 13.3 Å². The quantitative estimate of drug-likeness (QED) is 0.176. The molecule has 0 saturated carbocycles. The van der Waals surface area contributed by atoms with Gasteiger partial charge in [-0.15, -0.1) is 0 Å². The van der Waals surface area contributed by atoms with Crippen LogP contribution in [0.25, 0.3) is 21.8 Å². The van der Waals surface area contributed by atoms with Crippen molar-refractivity contribution in [3.8, 4) is 11.5 Å². The van der Waals surface area contributed by atoms with Crippen molar-refractivity contribution in [2.75, 3.05) is 7.11 Å². The van der Waals surface area contributed by atoms with Gasteiger partial charge in [-0.25, -0.2) is 0 Å². The lowest BCUT2D eigenvalue weighted by atomic mass is 10.1. The van der Waals surface area contributed by atoms with E-state index in [4.69, 9.17) is 19.3 Å². The highest BCUT2D eigenvalue weighted by atomic mass is 16.5. The summed E-state index contributed by atoms with van der Waals surface area (Å²) in [6.45, 7) is 1.69. The molecule has 0 atom stereocenters. The molecule has 0 bridgehead atoms. The van der Waals surface area contributed by atoms with Gasteiger partial charge < -0.3 is 19.3 Å². The van der Waals surface area contributed by atoms with Crippen molar-refractivity contribution < 1.29 is 19.3 Å². The second-order valence-electron chi connectivity index (χ2n) is 9.54. The molecule has 1 N–H and O–H groups in total. The van der Waals surface area contributed by atoms with Gasteiger partial charge in [-0.3, -0.25) is 9.97 Å². The SMILES string of the molecule is C.C.C.C.COCc1cnc2cc(OCc3ccccc3)ccc2c1.OCc1cnc2cc(OCc3ccccc3)ccc2c1. The fourth-order valence-corrected chi connectivity index (χ4v) is 4.29. The molecule has 0 aliphatic carbocycles. The predicted octanol–water partition coefficient (Wildman–Crippen LogP) is 9.81. The molecule has 45 heavy (non-hydrogen) atoms. The van der Waals surface area contributed by atoms with Gasteiger partial charge in [-0.2, -0.15) is 0 Å². The number of aliphatic hydroxyl groups is 1. The largest absolute Gasteiger partial charge is 0.489 e. The van der Waals surface area contributed by atoms with Crippen LogP contribution < -0.4 is 9.47 Å². The molecule has 2 heterocycles. The molecule has 0 saturated heterocycles. The summed E-state index contributed by atoms with van der Waals surface area (Å²) >= 11 is 0. The summed E-state index contributed by atoms with van der Waals surface area (Å²) in [6, 6.07) is 36.0. The molecule has 0 aliphatic heterocycles. The molecule has 4 aromatic carbocycles. The zero-order valence-electron chi connectivity index (χ0n) is 22.9.